The van der Waals surface area contributed by atoms with Gasteiger partial charge in [0.05, 0.1) is 12.8 Å². The van der Waals surface area contributed by atoms with Crippen LogP contribution < -0.4 is 5.73 Å². The predicted octanol–water partition coefficient (Wildman–Crippen LogP) is 3.34. The summed E-state index contributed by atoms with van der Waals surface area (Å²) >= 11 is 0. The van der Waals surface area contributed by atoms with Crippen molar-refractivity contribution < 1.29 is 4.42 Å². The average Bonchev–Trinajstić information content (AvgIpc) is 3.15. The van der Waals surface area contributed by atoms with Crippen molar-refractivity contribution in [3.8, 4) is 11.5 Å². The van der Waals surface area contributed by atoms with Gasteiger partial charge in [0.2, 0.25) is 0 Å². The molecule has 0 amide bonds. The fourth-order valence-corrected chi connectivity index (χ4v) is 2.56. The molecule has 0 bridgehead atoms. The highest BCUT2D eigenvalue weighted by Crippen LogP contribution is 2.25. The zero-order chi connectivity index (χ0) is 16.4. The summed E-state index contributed by atoms with van der Waals surface area (Å²) in [6.07, 6.45) is 1.64. The molecule has 0 aliphatic rings. The Labute approximate surface area is 136 Å². The van der Waals surface area contributed by atoms with E-state index in [2.05, 4.69) is 55.3 Å². The lowest BCUT2D eigenvalue weighted by molar-refractivity contribution is 0.565. The number of benzene rings is 1. The summed E-state index contributed by atoms with van der Waals surface area (Å²) in [6.45, 7) is 7.60. The van der Waals surface area contributed by atoms with Crippen LogP contribution in [0.5, 0.6) is 0 Å². The Morgan fingerprint density at radius 2 is 1.87 bits per heavy atom. The van der Waals surface area contributed by atoms with Crippen LogP contribution in [0.15, 0.2) is 47.1 Å². The van der Waals surface area contributed by atoms with Crippen LogP contribution in [0.2, 0.25) is 0 Å². The highest BCUT2D eigenvalue weighted by atomic mass is 16.3. The van der Waals surface area contributed by atoms with Gasteiger partial charge in [-0.15, -0.1) is 5.10 Å². The van der Waals surface area contributed by atoms with E-state index in [1.807, 2.05) is 16.8 Å². The molecular weight excluding hydrogens is 288 g/mol. The first-order valence-electron chi connectivity index (χ1n) is 7.75. The number of hydrogen-bond acceptors (Lipinski definition) is 4. The molecule has 0 atom stereocenters. The van der Waals surface area contributed by atoms with Gasteiger partial charge in [0, 0.05) is 6.54 Å². The Kier molecular flexibility index (Phi) is 4.05. The van der Waals surface area contributed by atoms with E-state index in [0.29, 0.717) is 13.1 Å². The van der Waals surface area contributed by atoms with Crippen LogP contribution in [-0.4, -0.2) is 15.0 Å². The molecule has 2 N–H and O–H groups in total. The lowest BCUT2D eigenvalue weighted by Crippen LogP contribution is -2.11. The van der Waals surface area contributed by atoms with E-state index in [-0.39, 0.29) is 5.41 Å². The number of nitrogens with two attached hydrogens (primary N) is 1. The van der Waals surface area contributed by atoms with Gasteiger partial charge in [-0.25, -0.2) is 4.68 Å². The summed E-state index contributed by atoms with van der Waals surface area (Å²) in [7, 11) is 0. The molecule has 0 aliphatic carbocycles. The molecule has 0 aliphatic heterocycles. The minimum atomic E-state index is 0.151. The van der Waals surface area contributed by atoms with Crippen LogP contribution >= 0.6 is 0 Å². The fraction of sp³-hybridized carbons (Fsp3) is 0.333. The maximum absolute atomic E-state index is 5.77. The smallest absolute Gasteiger partial charge is 0.153 e. The molecule has 23 heavy (non-hydrogen) atoms. The molecule has 0 fully saturated rings. The standard InChI is InChI=1S/C18H22N4O/c1-18(2,3)14-8-6-13(7-9-14)12-22-17(15(11-19)20-21-22)16-5-4-10-23-16/h4-10H,11-12,19H2,1-3H3. The van der Waals surface area contributed by atoms with E-state index < -0.39 is 0 Å². The van der Waals surface area contributed by atoms with E-state index in [0.717, 1.165) is 17.1 Å². The van der Waals surface area contributed by atoms with Crippen molar-refractivity contribution in [2.24, 2.45) is 5.73 Å². The van der Waals surface area contributed by atoms with Crippen LogP contribution in [0.1, 0.15) is 37.6 Å². The van der Waals surface area contributed by atoms with Gasteiger partial charge in [-0.05, 0) is 28.7 Å². The van der Waals surface area contributed by atoms with Crippen molar-refractivity contribution in [1.82, 2.24) is 15.0 Å². The van der Waals surface area contributed by atoms with Gasteiger partial charge in [0.1, 0.15) is 11.4 Å². The molecule has 0 saturated carbocycles. The van der Waals surface area contributed by atoms with E-state index in [1.54, 1.807) is 6.26 Å². The van der Waals surface area contributed by atoms with Gasteiger partial charge < -0.3 is 10.2 Å². The van der Waals surface area contributed by atoms with Gasteiger partial charge in [0.15, 0.2) is 5.76 Å². The monoisotopic (exact) mass is 310 g/mol. The van der Waals surface area contributed by atoms with Crippen molar-refractivity contribution in [3.63, 3.8) is 0 Å². The summed E-state index contributed by atoms with van der Waals surface area (Å²) in [5, 5.41) is 8.41. The molecule has 5 heteroatoms. The first kappa shape index (κ1) is 15.5. The van der Waals surface area contributed by atoms with E-state index in [4.69, 9.17) is 10.2 Å². The van der Waals surface area contributed by atoms with E-state index >= 15 is 0 Å². The molecule has 0 radical (unpaired) electrons. The van der Waals surface area contributed by atoms with Gasteiger partial charge in [0.25, 0.3) is 0 Å². The maximum atomic E-state index is 5.77. The summed E-state index contributed by atoms with van der Waals surface area (Å²) in [4.78, 5) is 0. The summed E-state index contributed by atoms with van der Waals surface area (Å²) < 4.78 is 7.35. The maximum Gasteiger partial charge on any atom is 0.153 e. The lowest BCUT2D eigenvalue weighted by Gasteiger charge is -2.19. The first-order chi connectivity index (χ1) is 11.0. The second-order valence-corrected chi connectivity index (χ2v) is 6.67. The molecule has 5 nitrogen and oxygen atoms in total. The molecule has 2 aromatic heterocycles. The molecule has 3 rings (SSSR count). The highest BCUT2D eigenvalue weighted by Gasteiger charge is 2.17. The minimum absolute atomic E-state index is 0.151. The molecule has 120 valence electrons. The Hall–Kier alpha value is -2.40. The number of furan rings is 1. The Balaban J connectivity index is 1.90. The summed E-state index contributed by atoms with van der Waals surface area (Å²) in [5.41, 5.74) is 9.99. The van der Waals surface area contributed by atoms with E-state index in [9.17, 15) is 0 Å². The van der Waals surface area contributed by atoms with Crippen molar-refractivity contribution in [2.75, 3.05) is 0 Å². The largest absolute Gasteiger partial charge is 0.463 e. The molecule has 0 unspecified atom stereocenters. The van der Waals surface area contributed by atoms with Crippen molar-refractivity contribution in [3.05, 3.63) is 59.5 Å². The number of rotatable bonds is 4. The molecular formula is C18H22N4O. The highest BCUT2D eigenvalue weighted by molar-refractivity contribution is 5.55. The van der Waals surface area contributed by atoms with E-state index in [1.165, 1.54) is 11.1 Å². The third kappa shape index (κ3) is 3.19. The van der Waals surface area contributed by atoms with Crippen molar-refractivity contribution >= 4 is 0 Å². The van der Waals surface area contributed by atoms with Gasteiger partial charge in [-0.2, -0.15) is 0 Å². The van der Waals surface area contributed by atoms with Crippen LogP contribution in [0.4, 0.5) is 0 Å². The van der Waals surface area contributed by atoms with Crippen LogP contribution in [0, 0.1) is 0 Å². The predicted molar refractivity (Wildman–Crippen MR) is 89.9 cm³/mol. The molecule has 1 aromatic carbocycles. The molecule has 2 heterocycles. The SMILES string of the molecule is CC(C)(C)c1ccc(Cn2nnc(CN)c2-c2ccco2)cc1. The van der Waals surface area contributed by atoms with Gasteiger partial charge in [-0.3, -0.25) is 0 Å². The Morgan fingerprint density at radius 1 is 1.13 bits per heavy atom. The van der Waals surface area contributed by atoms with Crippen LogP contribution in [-0.2, 0) is 18.5 Å². The normalized spacial score (nSPS) is 11.8. The zero-order valence-corrected chi connectivity index (χ0v) is 13.8. The van der Waals surface area contributed by atoms with Crippen LogP contribution in [0.25, 0.3) is 11.5 Å². The van der Waals surface area contributed by atoms with Crippen LogP contribution in [0.3, 0.4) is 0 Å². The molecule has 0 spiro atoms. The first-order valence-corrected chi connectivity index (χ1v) is 7.75. The fourth-order valence-electron chi connectivity index (χ4n) is 2.56. The Bertz CT molecular complexity index is 764. The second-order valence-electron chi connectivity index (χ2n) is 6.67. The summed E-state index contributed by atoms with van der Waals surface area (Å²) in [5.74, 6) is 0.738. The Morgan fingerprint density at radius 3 is 2.43 bits per heavy atom. The average molecular weight is 310 g/mol. The topological polar surface area (TPSA) is 69.9 Å². The zero-order valence-electron chi connectivity index (χ0n) is 13.8. The van der Waals surface area contributed by atoms with Gasteiger partial charge in [-0.1, -0.05) is 50.3 Å². The second kappa shape index (κ2) is 6.01. The molecule has 0 saturated heterocycles. The third-order valence-corrected chi connectivity index (χ3v) is 3.91. The quantitative estimate of drug-likeness (QED) is 0.802. The number of aromatic nitrogens is 3. The number of nitrogens with zero attached hydrogens (tertiary/aromatic N) is 3. The van der Waals surface area contributed by atoms with Crippen molar-refractivity contribution in [2.45, 2.75) is 39.3 Å². The molecule has 3 aromatic rings. The number of hydrogen-bond donors (Lipinski definition) is 1. The lowest BCUT2D eigenvalue weighted by atomic mass is 9.87. The minimum Gasteiger partial charge on any atom is -0.463 e. The summed E-state index contributed by atoms with van der Waals surface area (Å²) in [6, 6.07) is 12.4. The van der Waals surface area contributed by atoms with Crippen molar-refractivity contribution in [1.29, 1.82) is 0 Å². The third-order valence-electron chi connectivity index (χ3n) is 3.91. The van der Waals surface area contributed by atoms with Gasteiger partial charge >= 0.3 is 0 Å².